The van der Waals surface area contributed by atoms with Crippen molar-refractivity contribution in [3.05, 3.63) is 23.8 Å². The lowest BCUT2D eigenvalue weighted by molar-refractivity contribution is 0.319. The van der Waals surface area contributed by atoms with Crippen molar-refractivity contribution in [1.29, 1.82) is 0 Å². The highest BCUT2D eigenvalue weighted by Gasteiger charge is 2.29. The van der Waals surface area contributed by atoms with Crippen LogP contribution in [0.5, 0.6) is 0 Å². The fourth-order valence-electron chi connectivity index (χ4n) is 1.98. The molecule has 1 aromatic rings. The van der Waals surface area contributed by atoms with Crippen LogP contribution in [0.15, 0.2) is 23.1 Å². The van der Waals surface area contributed by atoms with Gasteiger partial charge in [0.1, 0.15) is 4.90 Å². The van der Waals surface area contributed by atoms with Crippen molar-refractivity contribution < 1.29 is 8.42 Å². The molecule has 0 unspecified atom stereocenters. The predicted octanol–water partition coefficient (Wildman–Crippen LogP) is 2.63. The van der Waals surface area contributed by atoms with Gasteiger partial charge in [0.15, 0.2) is 0 Å². The summed E-state index contributed by atoms with van der Waals surface area (Å²) in [5.41, 5.74) is 7.14. The molecule has 108 valence electrons. The van der Waals surface area contributed by atoms with Crippen LogP contribution in [0.4, 0.5) is 5.69 Å². The minimum absolute atomic E-state index is 0.0897. The summed E-state index contributed by atoms with van der Waals surface area (Å²) in [5, 5.41) is 0. The molecule has 4 nitrogen and oxygen atoms in total. The van der Waals surface area contributed by atoms with E-state index < -0.39 is 10.0 Å². The highest BCUT2D eigenvalue weighted by molar-refractivity contribution is 7.89. The maximum absolute atomic E-state index is 12.7. The molecule has 0 radical (unpaired) electrons. The van der Waals surface area contributed by atoms with E-state index in [1.807, 2.05) is 34.6 Å². The van der Waals surface area contributed by atoms with Gasteiger partial charge in [-0.25, -0.2) is 8.42 Å². The molecule has 5 heteroatoms. The first-order valence-corrected chi connectivity index (χ1v) is 7.98. The van der Waals surface area contributed by atoms with Crippen molar-refractivity contribution in [3.8, 4) is 0 Å². The van der Waals surface area contributed by atoms with Crippen molar-refractivity contribution >= 4 is 15.7 Å². The van der Waals surface area contributed by atoms with Crippen LogP contribution in [-0.2, 0) is 10.0 Å². The topological polar surface area (TPSA) is 63.4 Å². The van der Waals surface area contributed by atoms with Gasteiger partial charge in [0, 0.05) is 12.6 Å². The first-order valence-electron chi connectivity index (χ1n) is 6.54. The van der Waals surface area contributed by atoms with Crippen LogP contribution in [0.1, 0.15) is 33.3 Å². The zero-order chi connectivity index (χ0) is 14.8. The summed E-state index contributed by atoms with van der Waals surface area (Å²) < 4.78 is 26.9. The quantitative estimate of drug-likeness (QED) is 0.845. The van der Waals surface area contributed by atoms with Crippen LogP contribution in [0.25, 0.3) is 0 Å². The number of rotatable bonds is 5. The third-order valence-electron chi connectivity index (χ3n) is 2.87. The van der Waals surface area contributed by atoms with E-state index in [0.717, 1.165) is 5.56 Å². The third kappa shape index (κ3) is 3.70. The van der Waals surface area contributed by atoms with Crippen LogP contribution in [0.3, 0.4) is 0 Å². The highest BCUT2D eigenvalue weighted by Crippen LogP contribution is 2.25. The number of benzene rings is 1. The Hall–Kier alpha value is -1.07. The molecule has 0 saturated carbocycles. The van der Waals surface area contributed by atoms with Gasteiger partial charge in [0.25, 0.3) is 0 Å². The SMILES string of the molecule is Cc1ccc(S(=O)(=O)N(CC(C)C)C(C)C)c(N)c1. The lowest BCUT2D eigenvalue weighted by Crippen LogP contribution is -2.39. The highest BCUT2D eigenvalue weighted by atomic mass is 32.2. The van der Waals surface area contributed by atoms with Crippen molar-refractivity contribution in [2.45, 2.75) is 45.6 Å². The van der Waals surface area contributed by atoms with Crippen molar-refractivity contribution in [2.24, 2.45) is 5.92 Å². The fourth-order valence-corrected chi connectivity index (χ4v) is 3.87. The van der Waals surface area contributed by atoms with Gasteiger partial charge in [-0.1, -0.05) is 19.9 Å². The van der Waals surface area contributed by atoms with E-state index in [9.17, 15) is 8.42 Å². The second kappa shape index (κ2) is 5.92. The molecule has 2 N–H and O–H groups in total. The molecule has 19 heavy (non-hydrogen) atoms. The van der Waals surface area contributed by atoms with Gasteiger partial charge in [-0.3, -0.25) is 0 Å². The Kier molecular flexibility index (Phi) is 4.98. The van der Waals surface area contributed by atoms with Gasteiger partial charge in [0.2, 0.25) is 10.0 Å². The lowest BCUT2D eigenvalue weighted by Gasteiger charge is -2.28. The Bertz CT molecular complexity index is 536. The second-order valence-corrected chi connectivity index (χ2v) is 7.46. The van der Waals surface area contributed by atoms with Crippen LogP contribution in [-0.4, -0.2) is 25.3 Å². The molecule has 0 aromatic heterocycles. The summed E-state index contributed by atoms with van der Waals surface area (Å²) in [5.74, 6) is 0.267. The zero-order valence-corrected chi connectivity index (χ0v) is 13.2. The van der Waals surface area contributed by atoms with Gasteiger partial charge in [0.05, 0.1) is 5.69 Å². The first kappa shape index (κ1) is 16.0. The Balaban J connectivity index is 3.27. The molecule has 0 spiro atoms. The number of nitrogens with two attached hydrogens (primary N) is 1. The lowest BCUT2D eigenvalue weighted by atomic mass is 10.2. The number of anilines is 1. The minimum atomic E-state index is -3.53. The summed E-state index contributed by atoms with van der Waals surface area (Å²) >= 11 is 0. The number of nitrogen functional groups attached to an aromatic ring is 1. The van der Waals surface area contributed by atoms with E-state index >= 15 is 0 Å². The monoisotopic (exact) mass is 284 g/mol. The smallest absolute Gasteiger partial charge is 0.245 e. The third-order valence-corrected chi connectivity index (χ3v) is 4.99. The normalized spacial score (nSPS) is 12.6. The molecule has 0 saturated heterocycles. The predicted molar refractivity (Wildman–Crippen MR) is 79.5 cm³/mol. The van der Waals surface area contributed by atoms with E-state index in [2.05, 4.69) is 0 Å². The second-order valence-electron chi connectivity index (χ2n) is 5.60. The maximum atomic E-state index is 12.7. The number of nitrogens with zero attached hydrogens (tertiary/aromatic N) is 1. The van der Waals surface area contributed by atoms with Gasteiger partial charge in [-0.2, -0.15) is 4.31 Å². The van der Waals surface area contributed by atoms with Crippen LogP contribution >= 0.6 is 0 Å². The summed E-state index contributed by atoms with van der Waals surface area (Å²) in [6.07, 6.45) is 0. The number of hydrogen-bond donors (Lipinski definition) is 1. The van der Waals surface area contributed by atoms with Crippen LogP contribution in [0.2, 0.25) is 0 Å². The van der Waals surface area contributed by atoms with Gasteiger partial charge < -0.3 is 5.73 Å². The summed E-state index contributed by atoms with van der Waals surface area (Å²) in [6.45, 7) is 10.1. The molecule has 0 aliphatic carbocycles. The number of hydrogen-bond acceptors (Lipinski definition) is 3. The Labute approximate surface area is 116 Å². The molecule has 1 aromatic carbocycles. The molecule has 0 bridgehead atoms. The molecule has 0 atom stereocenters. The fraction of sp³-hybridized carbons (Fsp3) is 0.571. The van der Waals surface area contributed by atoms with E-state index in [-0.39, 0.29) is 16.9 Å². The van der Waals surface area contributed by atoms with Crippen LogP contribution < -0.4 is 5.73 Å². The van der Waals surface area contributed by atoms with Crippen molar-refractivity contribution in [3.63, 3.8) is 0 Å². The maximum Gasteiger partial charge on any atom is 0.245 e. The molecule has 0 fully saturated rings. The van der Waals surface area contributed by atoms with Crippen molar-refractivity contribution in [2.75, 3.05) is 12.3 Å². The minimum Gasteiger partial charge on any atom is -0.398 e. The van der Waals surface area contributed by atoms with E-state index in [4.69, 9.17) is 5.73 Å². The van der Waals surface area contributed by atoms with Gasteiger partial charge in [-0.05, 0) is 44.4 Å². The van der Waals surface area contributed by atoms with Gasteiger partial charge >= 0.3 is 0 Å². The Morgan fingerprint density at radius 1 is 1.21 bits per heavy atom. The summed E-state index contributed by atoms with van der Waals surface area (Å²) in [6, 6.07) is 4.97. The van der Waals surface area contributed by atoms with Crippen LogP contribution in [0, 0.1) is 12.8 Å². The zero-order valence-electron chi connectivity index (χ0n) is 12.3. The Morgan fingerprint density at radius 2 is 1.79 bits per heavy atom. The number of sulfonamides is 1. The standard InChI is InChI=1S/C14H24N2O2S/c1-10(2)9-16(11(3)4)19(17,18)14-7-6-12(5)8-13(14)15/h6-8,10-11H,9,15H2,1-5H3. The molecule has 1 rings (SSSR count). The molecule has 0 aliphatic heterocycles. The van der Waals surface area contributed by atoms with Crippen molar-refractivity contribution in [1.82, 2.24) is 4.31 Å². The summed E-state index contributed by atoms with van der Waals surface area (Å²) in [7, 11) is -3.53. The largest absolute Gasteiger partial charge is 0.398 e. The Morgan fingerprint density at radius 3 is 2.21 bits per heavy atom. The molecule has 0 heterocycles. The van der Waals surface area contributed by atoms with E-state index in [0.29, 0.717) is 12.2 Å². The molecule has 0 amide bonds. The van der Waals surface area contributed by atoms with Gasteiger partial charge in [-0.15, -0.1) is 0 Å². The summed E-state index contributed by atoms with van der Waals surface area (Å²) in [4.78, 5) is 0.201. The van der Waals surface area contributed by atoms with E-state index in [1.165, 1.54) is 4.31 Å². The average molecular weight is 284 g/mol. The molecular weight excluding hydrogens is 260 g/mol. The molecular formula is C14H24N2O2S. The first-order chi connectivity index (χ1) is 8.66. The number of aryl methyl sites for hydroxylation is 1. The average Bonchev–Trinajstić information content (AvgIpc) is 2.24. The van der Waals surface area contributed by atoms with E-state index in [1.54, 1.807) is 18.2 Å². The molecule has 0 aliphatic rings.